The van der Waals surface area contributed by atoms with Crippen LogP contribution in [0, 0.1) is 11.3 Å². The van der Waals surface area contributed by atoms with Crippen molar-refractivity contribution in [3.63, 3.8) is 0 Å². The monoisotopic (exact) mass is 570 g/mol. The average molecular weight is 571 g/mol. The fourth-order valence-electron chi connectivity index (χ4n) is 6.42. The van der Waals surface area contributed by atoms with E-state index in [1.165, 1.54) is 4.68 Å². The molecule has 1 unspecified atom stereocenters. The number of carbonyl (C=O) groups is 3. The van der Waals surface area contributed by atoms with Crippen LogP contribution in [0.15, 0.2) is 41.2 Å². The highest BCUT2D eigenvalue weighted by Crippen LogP contribution is 2.47. The number of amides is 3. The molecule has 1 saturated heterocycles. The number of primary amides is 2. The van der Waals surface area contributed by atoms with Gasteiger partial charge in [-0.25, -0.2) is 9.48 Å². The first kappa shape index (κ1) is 28.8. The molecule has 2 atom stereocenters. The minimum Gasteiger partial charge on any atom is -0.366 e. The molecule has 12 nitrogen and oxygen atoms in total. The van der Waals surface area contributed by atoms with Crippen molar-refractivity contribution in [2.24, 2.45) is 18.5 Å². The van der Waals surface area contributed by atoms with E-state index < -0.39 is 29.0 Å². The summed E-state index contributed by atoms with van der Waals surface area (Å²) in [4.78, 5) is 54.6. The lowest BCUT2D eigenvalue weighted by Crippen LogP contribution is -2.45. The Hall–Kier alpha value is -4.76. The summed E-state index contributed by atoms with van der Waals surface area (Å²) >= 11 is 0. The van der Waals surface area contributed by atoms with E-state index in [2.05, 4.69) is 21.5 Å². The summed E-state index contributed by atoms with van der Waals surface area (Å²) in [6, 6.07) is 12.1. The quantitative estimate of drug-likeness (QED) is 0.305. The zero-order chi connectivity index (χ0) is 30.2. The van der Waals surface area contributed by atoms with E-state index in [4.69, 9.17) is 11.5 Å². The zero-order valence-electron chi connectivity index (χ0n) is 23.6. The molecule has 5 rings (SSSR count). The molecule has 1 aromatic heterocycles. The Morgan fingerprint density at radius 3 is 2.21 bits per heavy atom. The summed E-state index contributed by atoms with van der Waals surface area (Å²) in [6.07, 6.45) is 2.90. The Morgan fingerprint density at radius 1 is 1.12 bits per heavy atom. The van der Waals surface area contributed by atoms with Gasteiger partial charge in [0.15, 0.2) is 0 Å². The molecule has 218 valence electrons. The number of nitrogens with one attached hydrogen (secondary N) is 2. The topological polar surface area (TPSA) is 193 Å². The summed E-state index contributed by atoms with van der Waals surface area (Å²) in [5.41, 5.74) is 13.9. The number of hydrogen-bond acceptors (Lipinski definition) is 7. The average Bonchev–Trinajstić information content (AvgIpc) is 3.56. The van der Waals surface area contributed by atoms with Crippen LogP contribution in [0.1, 0.15) is 75.0 Å². The molecule has 1 aliphatic carbocycles. The molecule has 1 aliphatic heterocycles. The summed E-state index contributed by atoms with van der Waals surface area (Å²) in [7, 11) is 1.56. The summed E-state index contributed by atoms with van der Waals surface area (Å²) in [5.74, 6) is -0.871. The second-order valence-electron chi connectivity index (χ2n) is 11.1. The molecule has 0 bridgehead atoms. The second-order valence-corrected chi connectivity index (χ2v) is 11.1. The van der Waals surface area contributed by atoms with Crippen LogP contribution >= 0.6 is 0 Å². The number of benzene rings is 2. The molecule has 42 heavy (non-hydrogen) atoms. The minimum absolute atomic E-state index is 0.0368. The number of aryl methyl sites for hydroxylation is 3. The number of nitrogens with two attached hydrogens (primary N) is 2. The summed E-state index contributed by atoms with van der Waals surface area (Å²) in [5, 5.41) is 17.4. The van der Waals surface area contributed by atoms with Crippen LogP contribution in [-0.2, 0) is 30.1 Å². The van der Waals surface area contributed by atoms with Crippen molar-refractivity contribution in [1.29, 1.82) is 5.26 Å². The van der Waals surface area contributed by atoms with Crippen molar-refractivity contribution in [2.75, 3.05) is 13.1 Å². The third-order valence-corrected chi connectivity index (χ3v) is 8.47. The van der Waals surface area contributed by atoms with Gasteiger partial charge in [0.2, 0.25) is 17.7 Å². The predicted molar refractivity (Wildman–Crippen MR) is 153 cm³/mol. The van der Waals surface area contributed by atoms with Gasteiger partial charge in [-0.05, 0) is 85.5 Å². The van der Waals surface area contributed by atoms with Gasteiger partial charge in [-0.3, -0.25) is 19.4 Å². The van der Waals surface area contributed by atoms with E-state index in [9.17, 15) is 24.4 Å². The van der Waals surface area contributed by atoms with Crippen LogP contribution in [0.2, 0.25) is 0 Å². The van der Waals surface area contributed by atoms with E-state index in [0.717, 1.165) is 28.7 Å². The Kier molecular flexibility index (Phi) is 7.71. The maximum absolute atomic E-state index is 13.0. The van der Waals surface area contributed by atoms with Crippen molar-refractivity contribution in [3.8, 4) is 6.07 Å². The van der Waals surface area contributed by atoms with Gasteiger partial charge < -0.3 is 21.7 Å². The van der Waals surface area contributed by atoms with E-state index in [1.807, 2.05) is 19.1 Å². The Balaban J connectivity index is 1.64. The summed E-state index contributed by atoms with van der Waals surface area (Å²) in [6.45, 7) is 2.54. The molecule has 0 spiro atoms. The lowest BCUT2D eigenvalue weighted by molar-refractivity contribution is -0.130. The van der Waals surface area contributed by atoms with Crippen LogP contribution in [0.3, 0.4) is 0 Å². The molecular weight excluding hydrogens is 536 g/mol. The van der Waals surface area contributed by atoms with Gasteiger partial charge in [0.05, 0.1) is 18.0 Å². The van der Waals surface area contributed by atoms with Gasteiger partial charge in [-0.1, -0.05) is 12.1 Å². The number of likely N-dealkylation sites (tertiary alicyclic amines) is 1. The highest BCUT2D eigenvalue weighted by Gasteiger charge is 2.45. The van der Waals surface area contributed by atoms with E-state index in [0.29, 0.717) is 49.2 Å². The number of aromatic nitrogens is 3. The van der Waals surface area contributed by atoms with Crippen LogP contribution in [-0.4, -0.2) is 62.6 Å². The smallest absolute Gasteiger partial charge is 0.343 e. The van der Waals surface area contributed by atoms with Crippen LogP contribution in [0.4, 0.5) is 0 Å². The number of nitriles is 1. The molecule has 6 N–H and O–H groups in total. The Labute approximate surface area is 242 Å². The first-order valence-electron chi connectivity index (χ1n) is 14.0. The Bertz CT molecular complexity index is 1600. The molecular formula is C30H34N8O4. The molecule has 0 radical (unpaired) electrons. The van der Waals surface area contributed by atoms with Gasteiger partial charge in [-0.2, -0.15) is 10.4 Å². The van der Waals surface area contributed by atoms with Crippen LogP contribution < -0.4 is 22.5 Å². The fraction of sp³-hybridized carbons (Fsp3) is 0.400. The maximum Gasteiger partial charge on any atom is 0.343 e. The number of rotatable bonds is 8. The number of hydrogen-bond donors (Lipinski definition) is 4. The number of carbonyl (C=O) groups excluding carboxylic acids is 3. The number of aromatic amines is 1. The largest absolute Gasteiger partial charge is 0.366 e. The van der Waals surface area contributed by atoms with Gasteiger partial charge in [-0.15, -0.1) is 0 Å². The standard InChI is InChI=1S/C30H34N8O4/c1-17(34-16-25(39)38-11-3-4-22(38)15-31)14-30(28-35-29(42)37(2)36-28)23-9-7-20(26(32)40)12-18(23)5-6-19-13-21(27(33)41)8-10-24(19)30/h7-10,12-13,17,22,34H,3-6,11,14,16H2,1-2H3,(H2,32,40)(H2,33,41)(H,35,36,42)/t17-,22?/m0/s1. The van der Waals surface area contributed by atoms with Crippen LogP contribution in [0.25, 0.3) is 0 Å². The molecule has 3 aromatic rings. The SMILES string of the molecule is C[C@@H](CC1(c2nn(C)c(=O)[nH]2)c2ccc(C(N)=O)cc2CCc2cc(C(N)=O)ccc21)NCC(=O)N1CCCC1C#N. The first-order chi connectivity index (χ1) is 20.0. The van der Waals surface area contributed by atoms with Crippen molar-refractivity contribution in [3.05, 3.63) is 86.1 Å². The van der Waals surface area contributed by atoms with Crippen molar-refractivity contribution >= 4 is 17.7 Å². The Morgan fingerprint density at radius 2 is 1.71 bits per heavy atom. The van der Waals surface area contributed by atoms with Gasteiger partial charge in [0, 0.05) is 30.8 Å². The molecule has 2 aliphatic rings. The minimum atomic E-state index is -1.04. The van der Waals surface area contributed by atoms with Gasteiger partial charge in [0.25, 0.3) is 0 Å². The zero-order valence-corrected chi connectivity index (χ0v) is 23.6. The fourth-order valence-corrected chi connectivity index (χ4v) is 6.42. The molecule has 3 amide bonds. The highest BCUT2D eigenvalue weighted by molar-refractivity contribution is 5.94. The molecule has 0 saturated carbocycles. The third kappa shape index (κ3) is 5.07. The maximum atomic E-state index is 13.0. The first-order valence-corrected chi connectivity index (χ1v) is 14.0. The predicted octanol–water partition coefficient (Wildman–Crippen LogP) is 0.622. The van der Waals surface area contributed by atoms with E-state index >= 15 is 0 Å². The lowest BCUT2D eigenvalue weighted by Gasteiger charge is -2.37. The lowest BCUT2D eigenvalue weighted by atomic mass is 9.67. The molecule has 2 aromatic carbocycles. The molecule has 2 heterocycles. The normalized spacial score (nSPS) is 17.9. The number of fused-ring (bicyclic) bond motifs is 2. The van der Waals surface area contributed by atoms with Crippen molar-refractivity contribution in [1.82, 2.24) is 25.0 Å². The van der Waals surface area contributed by atoms with E-state index in [-0.39, 0.29) is 18.5 Å². The summed E-state index contributed by atoms with van der Waals surface area (Å²) < 4.78 is 1.23. The molecule has 12 heteroatoms. The van der Waals surface area contributed by atoms with E-state index in [1.54, 1.807) is 36.2 Å². The van der Waals surface area contributed by atoms with Gasteiger partial charge >= 0.3 is 5.69 Å². The van der Waals surface area contributed by atoms with Gasteiger partial charge in [0.1, 0.15) is 11.9 Å². The second kappa shape index (κ2) is 11.3. The molecule has 1 fully saturated rings. The van der Waals surface area contributed by atoms with Crippen LogP contribution in [0.5, 0.6) is 0 Å². The highest BCUT2D eigenvalue weighted by atomic mass is 16.2. The van der Waals surface area contributed by atoms with Crippen molar-refractivity contribution in [2.45, 2.75) is 56.5 Å². The third-order valence-electron chi connectivity index (χ3n) is 8.47. The number of H-pyrrole nitrogens is 1. The number of nitrogens with zero attached hydrogens (tertiary/aromatic N) is 4. The van der Waals surface area contributed by atoms with Crippen molar-refractivity contribution < 1.29 is 14.4 Å².